The zero-order valence-corrected chi connectivity index (χ0v) is 11.3. The summed E-state index contributed by atoms with van der Waals surface area (Å²) in [6, 6.07) is 0.167. The van der Waals surface area contributed by atoms with Crippen molar-refractivity contribution in [3.8, 4) is 0 Å². The third-order valence-electron chi connectivity index (χ3n) is 2.32. The minimum Gasteiger partial charge on any atom is -0.353 e. The molecule has 0 aliphatic heterocycles. The van der Waals surface area contributed by atoms with Gasteiger partial charge in [0, 0.05) is 17.7 Å². The summed E-state index contributed by atoms with van der Waals surface area (Å²) in [5, 5.41) is 6.71. The van der Waals surface area contributed by atoms with E-state index >= 15 is 0 Å². The molecule has 0 saturated heterocycles. The molecule has 0 bridgehead atoms. The SMILES string of the molecule is CC[C@@H](C)NC(=O)CC(C)=NNC(=O)C(C)C. The van der Waals surface area contributed by atoms with Gasteiger partial charge >= 0.3 is 0 Å². The van der Waals surface area contributed by atoms with E-state index in [0.29, 0.717) is 5.71 Å². The smallest absolute Gasteiger partial charge is 0.242 e. The second-order valence-corrected chi connectivity index (χ2v) is 4.53. The van der Waals surface area contributed by atoms with Crippen molar-refractivity contribution in [1.82, 2.24) is 10.7 Å². The van der Waals surface area contributed by atoms with E-state index < -0.39 is 0 Å². The number of carbonyl (C=O) groups excluding carboxylic acids is 2. The first-order valence-electron chi connectivity index (χ1n) is 5.99. The van der Waals surface area contributed by atoms with Crippen molar-refractivity contribution >= 4 is 17.5 Å². The topological polar surface area (TPSA) is 70.6 Å². The summed E-state index contributed by atoms with van der Waals surface area (Å²) in [7, 11) is 0. The van der Waals surface area contributed by atoms with Crippen molar-refractivity contribution in [2.75, 3.05) is 0 Å². The van der Waals surface area contributed by atoms with Crippen LogP contribution in [0.2, 0.25) is 0 Å². The summed E-state index contributed by atoms with van der Waals surface area (Å²) in [6.45, 7) is 9.25. The maximum absolute atomic E-state index is 11.5. The molecular formula is C12H23N3O2. The molecule has 17 heavy (non-hydrogen) atoms. The molecule has 1 atom stereocenters. The lowest BCUT2D eigenvalue weighted by Gasteiger charge is -2.11. The highest BCUT2D eigenvalue weighted by Gasteiger charge is 2.08. The second-order valence-electron chi connectivity index (χ2n) is 4.53. The fraction of sp³-hybridized carbons (Fsp3) is 0.750. The van der Waals surface area contributed by atoms with Crippen LogP contribution in [0.15, 0.2) is 5.10 Å². The highest BCUT2D eigenvalue weighted by Crippen LogP contribution is 1.93. The maximum atomic E-state index is 11.5. The monoisotopic (exact) mass is 241 g/mol. The van der Waals surface area contributed by atoms with Crippen LogP contribution in [0.5, 0.6) is 0 Å². The summed E-state index contributed by atoms with van der Waals surface area (Å²) in [5.41, 5.74) is 3.02. The number of carbonyl (C=O) groups is 2. The molecule has 0 aliphatic rings. The van der Waals surface area contributed by atoms with E-state index in [4.69, 9.17) is 0 Å². The summed E-state index contributed by atoms with van der Waals surface area (Å²) in [5.74, 6) is -0.327. The number of nitrogens with one attached hydrogen (secondary N) is 2. The van der Waals surface area contributed by atoms with Gasteiger partial charge in [-0.05, 0) is 20.3 Å². The Hall–Kier alpha value is -1.39. The Kier molecular flexibility index (Phi) is 7.18. The molecule has 0 rings (SSSR count). The predicted molar refractivity (Wildman–Crippen MR) is 68.6 cm³/mol. The van der Waals surface area contributed by atoms with Crippen LogP contribution in [0.3, 0.4) is 0 Å². The quantitative estimate of drug-likeness (QED) is 0.545. The molecule has 0 aromatic rings. The van der Waals surface area contributed by atoms with E-state index in [2.05, 4.69) is 15.8 Å². The van der Waals surface area contributed by atoms with Crippen LogP contribution in [0, 0.1) is 5.92 Å². The third kappa shape index (κ3) is 7.49. The second kappa shape index (κ2) is 7.81. The Morgan fingerprint density at radius 1 is 1.24 bits per heavy atom. The number of rotatable bonds is 6. The first-order valence-corrected chi connectivity index (χ1v) is 5.99. The third-order valence-corrected chi connectivity index (χ3v) is 2.32. The van der Waals surface area contributed by atoms with Gasteiger partial charge in [-0.1, -0.05) is 20.8 Å². The highest BCUT2D eigenvalue weighted by molar-refractivity contribution is 6.00. The van der Waals surface area contributed by atoms with Crippen LogP contribution in [-0.2, 0) is 9.59 Å². The standard InChI is InChI=1S/C12H23N3O2/c1-6-9(4)13-11(16)7-10(5)14-15-12(17)8(2)3/h8-9H,6-7H2,1-5H3,(H,13,16)(H,15,17)/t9-/m1/s1. The van der Waals surface area contributed by atoms with Gasteiger partial charge in [0.1, 0.15) is 0 Å². The van der Waals surface area contributed by atoms with Crippen molar-refractivity contribution in [2.24, 2.45) is 11.0 Å². The van der Waals surface area contributed by atoms with Crippen LogP contribution < -0.4 is 10.7 Å². The van der Waals surface area contributed by atoms with Gasteiger partial charge in [0.2, 0.25) is 11.8 Å². The lowest BCUT2D eigenvalue weighted by molar-refractivity contribution is -0.124. The molecule has 0 spiro atoms. The Bertz CT molecular complexity index is 298. The molecule has 5 heteroatoms. The van der Waals surface area contributed by atoms with E-state index in [1.807, 2.05) is 13.8 Å². The van der Waals surface area contributed by atoms with E-state index in [0.717, 1.165) is 6.42 Å². The molecule has 0 saturated carbocycles. The molecule has 98 valence electrons. The highest BCUT2D eigenvalue weighted by atomic mass is 16.2. The van der Waals surface area contributed by atoms with Crippen LogP contribution in [-0.4, -0.2) is 23.6 Å². The van der Waals surface area contributed by atoms with Gasteiger partial charge in [-0.15, -0.1) is 0 Å². The molecule has 0 aliphatic carbocycles. The minimum atomic E-state index is -0.147. The van der Waals surface area contributed by atoms with Crippen molar-refractivity contribution in [3.05, 3.63) is 0 Å². The molecule has 0 aromatic heterocycles. The number of hydrazone groups is 1. The maximum Gasteiger partial charge on any atom is 0.242 e. The zero-order chi connectivity index (χ0) is 13.4. The molecule has 2 amide bonds. The van der Waals surface area contributed by atoms with Crippen molar-refractivity contribution < 1.29 is 9.59 Å². The van der Waals surface area contributed by atoms with Crippen LogP contribution in [0.25, 0.3) is 0 Å². The molecule has 0 heterocycles. The molecule has 2 N–H and O–H groups in total. The normalized spacial score (nSPS) is 13.4. The van der Waals surface area contributed by atoms with Gasteiger partial charge in [-0.2, -0.15) is 5.10 Å². The van der Waals surface area contributed by atoms with Crippen molar-refractivity contribution in [1.29, 1.82) is 0 Å². The van der Waals surface area contributed by atoms with E-state index in [-0.39, 0.29) is 30.2 Å². The van der Waals surface area contributed by atoms with Gasteiger partial charge in [-0.3, -0.25) is 9.59 Å². The fourth-order valence-electron chi connectivity index (χ4n) is 0.979. The molecule has 0 fully saturated rings. The van der Waals surface area contributed by atoms with Gasteiger partial charge < -0.3 is 5.32 Å². The van der Waals surface area contributed by atoms with E-state index in [1.165, 1.54) is 0 Å². The van der Waals surface area contributed by atoms with Crippen molar-refractivity contribution in [3.63, 3.8) is 0 Å². The summed E-state index contributed by atoms with van der Waals surface area (Å²) in [4.78, 5) is 22.7. The Morgan fingerprint density at radius 3 is 2.29 bits per heavy atom. The van der Waals surface area contributed by atoms with Gasteiger partial charge in [0.05, 0.1) is 6.42 Å². The van der Waals surface area contributed by atoms with Gasteiger partial charge in [0.15, 0.2) is 0 Å². The number of nitrogens with zero attached hydrogens (tertiary/aromatic N) is 1. The Balaban J connectivity index is 4.07. The average Bonchev–Trinajstić information content (AvgIpc) is 2.25. The number of hydrogen-bond acceptors (Lipinski definition) is 3. The van der Waals surface area contributed by atoms with E-state index in [9.17, 15) is 9.59 Å². The first-order chi connectivity index (χ1) is 7.86. The molecule has 0 radical (unpaired) electrons. The number of amides is 2. The largest absolute Gasteiger partial charge is 0.353 e. The first kappa shape index (κ1) is 15.6. The molecule has 0 unspecified atom stereocenters. The van der Waals surface area contributed by atoms with Gasteiger partial charge in [-0.25, -0.2) is 5.43 Å². The summed E-state index contributed by atoms with van der Waals surface area (Å²) in [6.07, 6.45) is 1.11. The summed E-state index contributed by atoms with van der Waals surface area (Å²) < 4.78 is 0. The lowest BCUT2D eigenvalue weighted by atomic mass is 10.2. The minimum absolute atomic E-state index is 0.0700. The molecule has 0 aromatic carbocycles. The average molecular weight is 241 g/mol. The van der Waals surface area contributed by atoms with Gasteiger partial charge in [0.25, 0.3) is 0 Å². The molecule has 5 nitrogen and oxygen atoms in total. The number of hydrogen-bond donors (Lipinski definition) is 2. The molecular weight excluding hydrogens is 218 g/mol. The van der Waals surface area contributed by atoms with Crippen LogP contribution in [0.1, 0.15) is 47.5 Å². The predicted octanol–water partition coefficient (Wildman–Crippen LogP) is 1.44. The van der Waals surface area contributed by atoms with Crippen LogP contribution in [0.4, 0.5) is 0 Å². The Labute approximate surface area is 103 Å². The zero-order valence-electron chi connectivity index (χ0n) is 11.3. The van der Waals surface area contributed by atoms with Crippen molar-refractivity contribution in [2.45, 2.75) is 53.5 Å². The van der Waals surface area contributed by atoms with Crippen LogP contribution >= 0.6 is 0 Å². The fourth-order valence-corrected chi connectivity index (χ4v) is 0.979. The Morgan fingerprint density at radius 2 is 1.82 bits per heavy atom. The van der Waals surface area contributed by atoms with E-state index in [1.54, 1.807) is 20.8 Å². The summed E-state index contributed by atoms with van der Waals surface area (Å²) >= 11 is 0. The lowest BCUT2D eigenvalue weighted by Crippen LogP contribution is -2.33.